The lowest BCUT2D eigenvalue weighted by molar-refractivity contribution is 0.151. The summed E-state index contributed by atoms with van der Waals surface area (Å²) in [5.74, 6) is 1.20. The molecule has 0 aliphatic carbocycles. The Balaban J connectivity index is 1.75. The molecule has 0 spiro atoms. The highest BCUT2D eigenvalue weighted by atomic mass is 35.5. The van der Waals surface area contributed by atoms with Crippen molar-refractivity contribution in [3.63, 3.8) is 0 Å². The summed E-state index contributed by atoms with van der Waals surface area (Å²) in [6.45, 7) is 0. The van der Waals surface area contributed by atoms with Gasteiger partial charge in [-0.2, -0.15) is 0 Å². The minimum atomic E-state index is -0.336. The van der Waals surface area contributed by atoms with Crippen molar-refractivity contribution in [1.29, 1.82) is 0 Å². The number of rotatable bonds is 3. The van der Waals surface area contributed by atoms with Crippen LogP contribution in [0.4, 0.5) is 0 Å². The van der Waals surface area contributed by atoms with Gasteiger partial charge in [-0.1, -0.05) is 41.9 Å². The van der Waals surface area contributed by atoms with Gasteiger partial charge in [0.2, 0.25) is 0 Å². The predicted octanol–water partition coefficient (Wildman–Crippen LogP) is 4.13. The van der Waals surface area contributed by atoms with Crippen LogP contribution in [-0.2, 0) is 6.42 Å². The third-order valence-corrected chi connectivity index (χ3v) is 5.02. The van der Waals surface area contributed by atoms with Crippen molar-refractivity contribution >= 4 is 23.4 Å². The second-order valence-electron chi connectivity index (χ2n) is 4.85. The summed E-state index contributed by atoms with van der Waals surface area (Å²) < 4.78 is 0. The average molecular weight is 291 g/mol. The van der Waals surface area contributed by atoms with Gasteiger partial charge in [0.05, 0.1) is 6.10 Å². The SMILES string of the molecule is OC(Cc1ccc(Cl)cc1)C1CSc2ccccc21. The van der Waals surface area contributed by atoms with Crippen LogP contribution in [-0.4, -0.2) is 17.0 Å². The van der Waals surface area contributed by atoms with Crippen LogP contribution in [0.5, 0.6) is 0 Å². The molecule has 0 radical (unpaired) electrons. The molecular weight excluding hydrogens is 276 g/mol. The monoisotopic (exact) mass is 290 g/mol. The lowest BCUT2D eigenvalue weighted by atomic mass is 9.91. The van der Waals surface area contributed by atoms with Crippen LogP contribution >= 0.6 is 23.4 Å². The van der Waals surface area contributed by atoms with Gasteiger partial charge in [0.25, 0.3) is 0 Å². The minimum Gasteiger partial charge on any atom is -0.392 e. The first kappa shape index (κ1) is 13.0. The Morgan fingerprint density at radius 3 is 2.68 bits per heavy atom. The molecule has 0 aromatic heterocycles. The van der Waals surface area contributed by atoms with Crippen molar-refractivity contribution in [3.8, 4) is 0 Å². The molecule has 0 amide bonds. The fourth-order valence-corrected chi connectivity index (χ4v) is 3.96. The van der Waals surface area contributed by atoms with Gasteiger partial charge in [0.15, 0.2) is 0 Å². The number of aliphatic hydroxyl groups excluding tert-OH is 1. The fraction of sp³-hybridized carbons (Fsp3) is 0.250. The van der Waals surface area contributed by atoms with Crippen LogP contribution in [0.1, 0.15) is 17.0 Å². The number of fused-ring (bicyclic) bond motifs is 1. The summed E-state index contributed by atoms with van der Waals surface area (Å²) in [5, 5.41) is 11.2. The van der Waals surface area contributed by atoms with Crippen LogP contribution in [0, 0.1) is 0 Å². The van der Waals surface area contributed by atoms with Gasteiger partial charge >= 0.3 is 0 Å². The molecule has 0 saturated carbocycles. The molecule has 1 heterocycles. The summed E-state index contributed by atoms with van der Waals surface area (Å²) in [6.07, 6.45) is 0.342. The Morgan fingerprint density at radius 2 is 1.89 bits per heavy atom. The van der Waals surface area contributed by atoms with E-state index in [1.807, 2.05) is 42.1 Å². The second-order valence-corrected chi connectivity index (χ2v) is 6.35. The highest BCUT2D eigenvalue weighted by molar-refractivity contribution is 7.99. The van der Waals surface area contributed by atoms with Gasteiger partial charge in [-0.05, 0) is 35.7 Å². The third kappa shape index (κ3) is 2.81. The predicted molar refractivity (Wildman–Crippen MR) is 81.1 cm³/mol. The van der Waals surface area contributed by atoms with E-state index < -0.39 is 0 Å². The van der Waals surface area contributed by atoms with Crippen molar-refractivity contribution in [3.05, 3.63) is 64.7 Å². The molecule has 1 nitrogen and oxygen atoms in total. The van der Waals surface area contributed by atoms with E-state index in [2.05, 4.69) is 18.2 Å². The van der Waals surface area contributed by atoms with Crippen LogP contribution in [0.3, 0.4) is 0 Å². The zero-order chi connectivity index (χ0) is 13.2. The van der Waals surface area contributed by atoms with E-state index in [1.165, 1.54) is 10.5 Å². The van der Waals surface area contributed by atoms with Crippen molar-refractivity contribution in [2.24, 2.45) is 0 Å². The van der Waals surface area contributed by atoms with E-state index in [0.717, 1.165) is 16.3 Å². The molecule has 0 fully saturated rings. The van der Waals surface area contributed by atoms with E-state index in [0.29, 0.717) is 6.42 Å². The van der Waals surface area contributed by atoms with Gasteiger partial charge in [-0.15, -0.1) is 11.8 Å². The maximum atomic E-state index is 10.5. The number of halogens is 1. The molecule has 3 rings (SSSR count). The largest absolute Gasteiger partial charge is 0.392 e. The average Bonchev–Trinajstić information content (AvgIpc) is 2.85. The number of hydrogen-bond acceptors (Lipinski definition) is 2. The van der Waals surface area contributed by atoms with E-state index in [-0.39, 0.29) is 12.0 Å². The van der Waals surface area contributed by atoms with Gasteiger partial charge in [-0.3, -0.25) is 0 Å². The van der Waals surface area contributed by atoms with Gasteiger partial charge in [0, 0.05) is 21.6 Å². The summed E-state index contributed by atoms with van der Waals surface area (Å²) in [5.41, 5.74) is 2.42. The molecule has 2 aromatic rings. The van der Waals surface area contributed by atoms with Gasteiger partial charge in [0.1, 0.15) is 0 Å². The number of hydrogen-bond donors (Lipinski definition) is 1. The maximum absolute atomic E-state index is 10.5. The highest BCUT2D eigenvalue weighted by Crippen LogP contribution is 2.41. The molecular formula is C16H15ClOS. The molecule has 2 unspecified atom stereocenters. The van der Waals surface area contributed by atoms with Gasteiger partial charge < -0.3 is 5.11 Å². The topological polar surface area (TPSA) is 20.2 Å². The van der Waals surface area contributed by atoms with E-state index in [9.17, 15) is 5.11 Å². The first-order chi connectivity index (χ1) is 9.24. The lowest BCUT2D eigenvalue weighted by Gasteiger charge is -2.18. The van der Waals surface area contributed by atoms with Crippen molar-refractivity contribution in [2.45, 2.75) is 23.3 Å². The number of benzene rings is 2. The molecule has 1 aliphatic rings. The minimum absolute atomic E-state index is 0.233. The lowest BCUT2D eigenvalue weighted by Crippen LogP contribution is -2.21. The second kappa shape index (κ2) is 5.58. The van der Waals surface area contributed by atoms with Crippen LogP contribution in [0.2, 0.25) is 5.02 Å². The first-order valence-electron chi connectivity index (χ1n) is 6.38. The summed E-state index contributed by atoms with van der Waals surface area (Å²) in [4.78, 5) is 1.31. The molecule has 2 atom stereocenters. The summed E-state index contributed by atoms with van der Waals surface area (Å²) >= 11 is 7.71. The van der Waals surface area contributed by atoms with E-state index >= 15 is 0 Å². The molecule has 98 valence electrons. The highest BCUT2D eigenvalue weighted by Gasteiger charge is 2.28. The molecule has 1 aliphatic heterocycles. The normalized spacial score (nSPS) is 19.2. The maximum Gasteiger partial charge on any atom is 0.0657 e. The third-order valence-electron chi connectivity index (χ3n) is 3.56. The Hall–Kier alpha value is -0.960. The molecule has 0 bridgehead atoms. The first-order valence-corrected chi connectivity index (χ1v) is 7.74. The van der Waals surface area contributed by atoms with E-state index in [1.54, 1.807) is 0 Å². The Labute approximate surface area is 122 Å². The molecule has 1 N–H and O–H groups in total. The smallest absolute Gasteiger partial charge is 0.0657 e. The van der Waals surface area contributed by atoms with Crippen molar-refractivity contribution in [1.82, 2.24) is 0 Å². The molecule has 3 heteroatoms. The Kier molecular flexibility index (Phi) is 3.83. The molecule has 2 aromatic carbocycles. The molecule has 19 heavy (non-hydrogen) atoms. The molecule has 0 saturated heterocycles. The van der Waals surface area contributed by atoms with Gasteiger partial charge in [-0.25, -0.2) is 0 Å². The Bertz CT molecular complexity index is 567. The van der Waals surface area contributed by atoms with Crippen LogP contribution in [0.15, 0.2) is 53.4 Å². The zero-order valence-corrected chi connectivity index (χ0v) is 12.0. The summed E-state index contributed by atoms with van der Waals surface area (Å²) in [7, 11) is 0. The van der Waals surface area contributed by atoms with Crippen LogP contribution < -0.4 is 0 Å². The quantitative estimate of drug-likeness (QED) is 0.917. The summed E-state index contributed by atoms with van der Waals surface area (Å²) in [6, 6.07) is 16.1. The Morgan fingerprint density at radius 1 is 1.16 bits per heavy atom. The fourth-order valence-electron chi connectivity index (χ4n) is 2.51. The number of thioether (sulfide) groups is 1. The van der Waals surface area contributed by atoms with Crippen molar-refractivity contribution in [2.75, 3.05) is 5.75 Å². The standard InChI is InChI=1S/C16H15ClOS/c17-12-7-5-11(6-8-12)9-15(18)14-10-19-16-4-2-1-3-13(14)16/h1-8,14-15,18H,9-10H2. The van der Waals surface area contributed by atoms with Crippen molar-refractivity contribution < 1.29 is 5.11 Å². The van der Waals surface area contributed by atoms with E-state index in [4.69, 9.17) is 11.6 Å². The zero-order valence-electron chi connectivity index (χ0n) is 10.4. The van der Waals surface area contributed by atoms with Crippen LogP contribution in [0.25, 0.3) is 0 Å². The number of aliphatic hydroxyl groups is 1.